The van der Waals surface area contributed by atoms with Gasteiger partial charge in [-0.25, -0.2) is 9.67 Å². The molecule has 0 bridgehead atoms. The van der Waals surface area contributed by atoms with Gasteiger partial charge in [-0.15, -0.1) is 5.10 Å². The summed E-state index contributed by atoms with van der Waals surface area (Å²) < 4.78 is 44.7. The van der Waals surface area contributed by atoms with Crippen LogP contribution in [-0.2, 0) is 6.54 Å². The predicted octanol–water partition coefficient (Wildman–Crippen LogP) is 4.78. The maximum atomic E-state index is 12.3. The Morgan fingerprint density at radius 3 is 2.78 bits per heavy atom. The van der Waals surface area contributed by atoms with Gasteiger partial charge in [0.15, 0.2) is 0 Å². The number of aryl methyl sites for hydroxylation is 1. The van der Waals surface area contributed by atoms with Crippen LogP contribution >= 0.6 is 15.9 Å². The van der Waals surface area contributed by atoms with Crippen LogP contribution in [0.4, 0.5) is 13.2 Å². The second kappa shape index (κ2) is 7.81. The minimum atomic E-state index is -4.19. The fourth-order valence-electron chi connectivity index (χ4n) is 2.57. The summed E-state index contributed by atoms with van der Waals surface area (Å²) in [5, 5.41) is 17.8. The lowest BCUT2D eigenvalue weighted by Crippen LogP contribution is -2.09. The predicted molar refractivity (Wildman–Crippen MR) is 95.5 cm³/mol. The van der Waals surface area contributed by atoms with E-state index < -0.39 is 18.7 Å². The van der Waals surface area contributed by atoms with E-state index in [0.717, 1.165) is 0 Å². The first-order valence-corrected chi connectivity index (χ1v) is 8.95. The largest absolute Gasteiger partial charge is 0.437 e. The molecule has 2 heterocycles. The van der Waals surface area contributed by atoms with Crippen molar-refractivity contribution < 1.29 is 23.0 Å². The van der Waals surface area contributed by atoms with E-state index in [0.29, 0.717) is 26.8 Å². The number of ether oxygens (including phenoxy) is 1. The molecule has 1 aromatic carbocycles. The first kappa shape index (κ1) is 19.6. The van der Waals surface area contributed by atoms with Crippen molar-refractivity contribution >= 4 is 27.0 Å². The van der Waals surface area contributed by atoms with Crippen molar-refractivity contribution in [2.24, 2.45) is 0 Å². The van der Waals surface area contributed by atoms with Crippen LogP contribution < -0.4 is 4.74 Å². The summed E-state index contributed by atoms with van der Waals surface area (Å²) >= 11 is 3.40. The van der Waals surface area contributed by atoms with E-state index in [1.54, 1.807) is 37.4 Å². The molecular formula is C17H16BrF3N4O2. The summed E-state index contributed by atoms with van der Waals surface area (Å²) in [5.41, 5.74) is 1.59. The first-order chi connectivity index (χ1) is 12.8. The van der Waals surface area contributed by atoms with Gasteiger partial charge in [0.2, 0.25) is 5.88 Å². The molecule has 144 valence electrons. The third-order valence-corrected chi connectivity index (χ3v) is 4.64. The Morgan fingerprint density at radius 2 is 2.07 bits per heavy atom. The van der Waals surface area contributed by atoms with Crippen molar-refractivity contribution in [3.05, 3.63) is 40.5 Å². The summed E-state index contributed by atoms with van der Waals surface area (Å²) in [6, 6.07) is 6.72. The number of aromatic nitrogens is 4. The monoisotopic (exact) mass is 444 g/mol. The Balaban J connectivity index is 1.84. The van der Waals surface area contributed by atoms with E-state index in [-0.39, 0.29) is 18.8 Å². The molecule has 3 aromatic rings. The maximum absolute atomic E-state index is 12.3. The molecule has 2 aromatic heterocycles. The number of pyridine rings is 1. The molecule has 0 saturated carbocycles. The van der Waals surface area contributed by atoms with Gasteiger partial charge < -0.3 is 9.84 Å². The number of alkyl halides is 3. The van der Waals surface area contributed by atoms with Gasteiger partial charge in [0.1, 0.15) is 11.3 Å². The third kappa shape index (κ3) is 4.56. The molecule has 0 aliphatic heterocycles. The van der Waals surface area contributed by atoms with E-state index in [9.17, 15) is 18.3 Å². The molecule has 0 amide bonds. The average Bonchev–Trinajstić information content (AvgIpc) is 3.00. The highest BCUT2D eigenvalue weighted by molar-refractivity contribution is 9.10. The molecule has 0 fully saturated rings. The standard InChI is InChI=1S/C17H16BrF3N4O2/c1-10(26)11-4-2-8-22-16(11)27-13-6-5-12-15(14(13)18)23-24-25(12)9-3-7-17(19,20)21/h2,4-6,8,10,26H,3,7,9H2,1H3. The molecule has 0 spiro atoms. The lowest BCUT2D eigenvalue weighted by atomic mass is 10.2. The lowest BCUT2D eigenvalue weighted by Gasteiger charge is -2.12. The van der Waals surface area contributed by atoms with E-state index in [1.165, 1.54) is 4.68 Å². The van der Waals surface area contributed by atoms with Gasteiger partial charge in [0.05, 0.1) is 16.1 Å². The fraction of sp³-hybridized carbons (Fsp3) is 0.353. The van der Waals surface area contributed by atoms with Crippen LogP contribution in [0.1, 0.15) is 31.4 Å². The smallest absolute Gasteiger partial charge is 0.389 e. The highest BCUT2D eigenvalue weighted by Crippen LogP contribution is 2.36. The second-order valence-corrected chi connectivity index (χ2v) is 6.75. The zero-order valence-electron chi connectivity index (χ0n) is 14.2. The molecule has 1 N–H and O–H groups in total. The van der Waals surface area contributed by atoms with Gasteiger partial charge in [0, 0.05) is 24.7 Å². The van der Waals surface area contributed by atoms with Crippen LogP contribution in [-0.4, -0.2) is 31.3 Å². The van der Waals surface area contributed by atoms with E-state index >= 15 is 0 Å². The molecule has 27 heavy (non-hydrogen) atoms. The van der Waals surface area contributed by atoms with Gasteiger partial charge in [-0.1, -0.05) is 5.21 Å². The Labute approximate surface area is 161 Å². The normalized spacial score (nSPS) is 13.1. The minimum Gasteiger partial charge on any atom is -0.437 e. The van der Waals surface area contributed by atoms with Gasteiger partial charge in [-0.2, -0.15) is 13.2 Å². The van der Waals surface area contributed by atoms with Crippen LogP contribution in [0.3, 0.4) is 0 Å². The summed E-state index contributed by atoms with van der Waals surface area (Å²) in [7, 11) is 0. The van der Waals surface area contributed by atoms with Crippen LogP contribution in [0.2, 0.25) is 0 Å². The van der Waals surface area contributed by atoms with E-state index in [2.05, 4.69) is 31.2 Å². The number of halogens is 4. The van der Waals surface area contributed by atoms with Crippen molar-refractivity contribution in [1.29, 1.82) is 0 Å². The van der Waals surface area contributed by atoms with E-state index in [4.69, 9.17) is 4.74 Å². The number of aliphatic hydroxyl groups is 1. The van der Waals surface area contributed by atoms with Crippen LogP contribution in [0.5, 0.6) is 11.6 Å². The van der Waals surface area contributed by atoms with Crippen molar-refractivity contribution in [1.82, 2.24) is 20.0 Å². The van der Waals surface area contributed by atoms with E-state index in [1.807, 2.05) is 0 Å². The van der Waals surface area contributed by atoms with Crippen LogP contribution in [0, 0.1) is 0 Å². The number of hydrogen-bond donors (Lipinski definition) is 1. The van der Waals surface area contributed by atoms with Crippen molar-refractivity contribution in [3.63, 3.8) is 0 Å². The van der Waals surface area contributed by atoms with Crippen molar-refractivity contribution in [2.45, 2.75) is 38.6 Å². The zero-order chi connectivity index (χ0) is 19.6. The van der Waals surface area contributed by atoms with Crippen molar-refractivity contribution in [2.75, 3.05) is 0 Å². The number of rotatable bonds is 6. The number of benzene rings is 1. The minimum absolute atomic E-state index is 0.0798. The number of fused-ring (bicyclic) bond motifs is 1. The maximum Gasteiger partial charge on any atom is 0.389 e. The highest BCUT2D eigenvalue weighted by atomic mass is 79.9. The van der Waals surface area contributed by atoms with Crippen LogP contribution in [0.15, 0.2) is 34.9 Å². The summed E-state index contributed by atoms with van der Waals surface area (Å²) in [5.74, 6) is 0.663. The topological polar surface area (TPSA) is 73.1 Å². The molecule has 0 saturated heterocycles. The molecular weight excluding hydrogens is 429 g/mol. The van der Waals surface area contributed by atoms with Gasteiger partial charge in [-0.05, 0) is 53.5 Å². The summed E-state index contributed by atoms with van der Waals surface area (Å²) in [4.78, 5) is 4.13. The number of aliphatic hydroxyl groups excluding tert-OH is 1. The lowest BCUT2D eigenvalue weighted by molar-refractivity contribution is -0.136. The Kier molecular flexibility index (Phi) is 5.66. The molecule has 10 heteroatoms. The third-order valence-electron chi connectivity index (χ3n) is 3.88. The molecule has 6 nitrogen and oxygen atoms in total. The summed E-state index contributed by atoms with van der Waals surface area (Å²) in [6.45, 7) is 1.71. The molecule has 3 rings (SSSR count). The average molecular weight is 445 g/mol. The first-order valence-electron chi connectivity index (χ1n) is 8.15. The molecule has 1 unspecified atom stereocenters. The Hall–Kier alpha value is -2.20. The zero-order valence-corrected chi connectivity index (χ0v) is 15.8. The molecule has 1 atom stereocenters. The Bertz CT molecular complexity index is 944. The molecule has 0 aliphatic carbocycles. The summed E-state index contributed by atoms with van der Waals surface area (Å²) in [6.07, 6.45) is -4.36. The SMILES string of the molecule is CC(O)c1cccnc1Oc1ccc2c(nnn2CCCC(F)(F)F)c1Br. The Morgan fingerprint density at radius 1 is 1.30 bits per heavy atom. The van der Waals surface area contributed by atoms with Gasteiger partial charge >= 0.3 is 6.18 Å². The molecule has 0 aliphatic rings. The van der Waals surface area contributed by atoms with Gasteiger partial charge in [-0.3, -0.25) is 0 Å². The highest BCUT2D eigenvalue weighted by Gasteiger charge is 2.26. The van der Waals surface area contributed by atoms with Gasteiger partial charge in [0.25, 0.3) is 0 Å². The molecule has 0 radical (unpaired) electrons. The number of hydrogen-bond acceptors (Lipinski definition) is 5. The number of nitrogens with zero attached hydrogens (tertiary/aromatic N) is 4. The second-order valence-electron chi connectivity index (χ2n) is 5.95. The van der Waals surface area contributed by atoms with Crippen molar-refractivity contribution in [3.8, 4) is 11.6 Å². The fourth-order valence-corrected chi connectivity index (χ4v) is 3.07. The van der Waals surface area contributed by atoms with Crippen LogP contribution in [0.25, 0.3) is 11.0 Å². The quantitative estimate of drug-likeness (QED) is 0.592.